The van der Waals surface area contributed by atoms with Crippen molar-refractivity contribution in [1.82, 2.24) is 0 Å². The van der Waals surface area contributed by atoms with Gasteiger partial charge in [0.15, 0.2) is 0 Å². The van der Waals surface area contributed by atoms with Crippen LogP contribution in [0.5, 0.6) is 0 Å². The van der Waals surface area contributed by atoms with Crippen LogP contribution in [0, 0.1) is 17.8 Å². The van der Waals surface area contributed by atoms with Gasteiger partial charge in [-0.1, -0.05) is 63.5 Å². The van der Waals surface area contributed by atoms with Crippen molar-refractivity contribution in [3.05, 3.63) is 36.0 Å². The molecule has 0 bridgehead atoms. The van der Waals surface area contributed by atoms with E-state index in [1.807, 2.05) is 26.0 Å². The minimum Gasteiger partial charge on any atom is -0.461 e. The predicted octanol–water partition coefficient (Wildman–Crippen LogP) is 6.56. The SMILES string of the molecule is CCCCC/C=C/C(C)=C/C1CC(C)C/C=C/CCC(OC=O)C(OC(N)=O)CCC(C)CC(O)C(C)C(=O)O1. The molecule has 1 amide bonds. The first-order chi connectivity index (χ1) is 19.1. The van der Waals surface area contributed by atoms with Gasteiger partial charge in [-0.2, -0.15) is 0 Å². The second kappa shape index (κ2) is 20.3. The summed E-state index contributed by atoms with van der Waals surface area (Å²) in [7, 11) is 0. The first-order valence-corrected chi connectivity index (χ1v) is 15.0. The van der Waals surface area contributed by atoms with Crippen LogP contribution < -0.4 is 5.73 Å². The number of cyclic esters (lactones) is 1. The summed E-state index contributed by atoms with van der Waals surface area (Å²) in [5.41, 5.74) is 6.33. The summed E-state index contributed by atoms with van der Waals surface area (Å²) in [5.74, 6) is -0.866. The Hall–Kier alpha value is -2.61. The maximum Gasteiger partial charge on any atom is 0.404 e. The molecule has 228 valence electrons. The van der Waals surface area contributed by atoms with Gasteiger partial charge in [-0.25, -0.2) is 4.79 Å². The van der Waals surface area contributed by atoms with Crippen LogP contribution in [0.3, 0.4) is 0 Å². The van der Waals surface area contributed by atoms with E-state index in [1.165, 1.54) is 12.8 Å². The average molecular weight is 564 g/mol. The molecule has 0 radical (unpaired) electrons. The number of unbranched alkanes of at least 4 members (excludes halogenated alkanes) is 3. The number of allylic oxidation sites excluding steroid dienone is 5. The maximum atomic E-state index is 13.1. The van der Waals surface area contributed by atoms with E-state index >= 15 is 0 Å². The first-order valence-electron chi connectivity index (χ1n) is 15.0. The Bertz CT molecular complexity index is 837. The van der Waals surface area contributed by atoms with Gasteiger partial charge in [-0.15, -0.1) is 0 Å². The molecule has 0 spiro atoms. The number of aliphatic hydroxyl groups is 1. The van der Waals surface area contributed by atoms with Gasteiger partial charge in [0, 0.05) is 0 Å². The number of carbonyl (C=O) groups is 3. The minimum absolute atomic E-state index is 0.00990. The fourth-order valence-electron chi connectivity index (χ4n) is 4.96. The number of rotatable bonds is 9. The third-order valence-electron chi connectivity index (χ3n) is 7.48. The van der Waals surface area contributed by atoms with E-state index < -0.39 is 36.3 Å². The Morgan fingerprint density at radius 3 is 2.52 bits per heavy atom. The van der Waals surface area contributed by atoms with Gasteiger partial charge >= 0.3 is 12.1 Å². The summed E-state index contributed by atoms with van der Waals surface area (Å²) in [6.45, 7) is 10.3. The Labute approximate surface area is 241 Å². The van der Waals surface area contributed by atoms with Gasteiger partial charge in [0.2, 0.25) is 0 Å². The highest BCUT2D eigenvalue weighted by molar-refractivity contribution is 5.73. The zero-order valence-electron chi connectivity index (χ0n) is 25.3. The van der Waals surface area contributed by atoms with Crippen molar-refractivity contribution in [2.24, 2.45) is 23.5 Å². The van der Waals surface area contributed by atoms with E-state index in [-0.39, 0.29) is 17.9 Å². The Morgan fingerprint density at radius 2 is 1.85 bits per heavy atom. The fourth-order valence-corrected chi connectivity index (χ4v) is 4.96. The summed E-state index contributed by atoms with van der Waals surface area (Å²) in [4.78, 5) is 35.8. The van der Waals surface area contributed by atoms with Crippen molar-refractivity contribution < 1.29 is 33.7 Å². The van der Waals surface area contributed by atoms with Gasteiger partial charge in [-0.05, 0) is 89.5 Å². The molecular weight excluding hydrogens is 510 g/mol. The molecule has 1 heterocycles. The van der Waals surface area contributed by atoms with Crippen molar-refractivity contribution in [3.63, 3.8) is 0 Å². The van der Waals surface area contributed by atoms with Gasteiger partial charge in [0.05, 0.1) is 12.0 Å². The molecule has 0 saturated heterocycles. The normalized spacial score (nSPS) is 31.0. The van der Waals surface area contributed by atoms with Crippen molar-refractivity contribution in [2.45, 2.75) is 130 Å². The largest absolute Gasteiger partial charge is 0.461 e. The van der Waals surface area contributed by atoms with Crippen molar-refractivity contribution in [3.8, 4) is 0 Å². The molecule has 7 unspecified atom stereocenters. The van der Waals surface area contributed by atoms with Gasteiger partial charge in [-0.3, -0.25) is 9.59 Å². The molecule has 8 nitrogen and oxygen atoms in total. The number of nitrogens with two attached hydrogens (primary N) is 1. The lowest BCUT2D eigenvalue weighted by molar-refractivity contribution is -0.156. The predicted molar refractivity (Wildman–Crippen MR) is 157 cm³/mol. The molecule has 0 aliphatic carbocycles. The van der Waals surface area contributed by atoms with E-state index in [0.29, 0.717) is 45.0 Å². The summed E-state index contributed by atoms with van der Waals surface area (Å²) in [6, 6.07) is 0. The van der Waals surface area contributed by atoms with E-state index in [9.17, 15) is 19.5 Å². The van der Waals surface area contributed by atoms with Crippen LogP contribution in [0.15, 0.2) is 36.0 Å². The molecule has 1 aliphatic heterocycles. The lowest BCUT2D eigenvalue weighted by Crippen LogP contribution is -2.36. The van der Waals surface area contributed by atoms with Crippen molar-refractivity contribution in [1.29, 1.82) is 0 Å². The van der Waals surface area contributed by atoms with Gasteiger partial charge in [0.25, 0.3) is 6.47 Å². The van der Waals surface area contributed by atoms with E-state index in [2.05, 4.69) is 32.1 Å². The number of hydrogen-bond donors (Lipinski definition) is 2. The molecule has 3 N–H and O–H groups in total. The molecule has 1 aliphatic rings. The fraction of sp³-hybridized carbons (Fsp3) is 0.719. The van der Waals surface area contributed by atoms with Crippen LogP contribution in [0.2, 0.25) is 0 Å². The quantitative estimate of drug-likeness (QED) is 0.0813. The molecule has 1 rings (SSSR count). The molecule has 40 heavy (non-hydrogen) atoms. The molecular formula is C32H53NO7. The topological polar surface area (TPSA) is 125 Å². The van der Waals surface area contributed by atoms with Gasteiger partial charge < -0.3 is 25.1 Å². The minimum atomic E-state index is -0.925. The zero-order valence-corrected chi connectivity index (χ0v) is 25.3. The molecule has 0 fully saturated rings. The van der Waals surface area contributed by atoms with Crippen molar-refractivity contribution in [2.75, 3.05) is 0 Å². The molecule has 8 heteroatoms. The van der Waals surface area contributed by atoms with Crippen LogP contribution in [0.1, 0.15) is 105 Å². The highest BCUT2D eigenvalue weighted by Crippen LogP contribution is 2.25. The number of hydrogen-bond acceptors (Lipinski definition) is 7. The van der Waals surface area contributed by atoms with E-state index in [0.717, 1.165) is 24.8 Å². The van der Waals surface area contributed by atoms with Crippen LogP contribution in [-0.4, -0.2) is 48.1 Å². The highest BCUT2D eigenvalue weighted by Gasteiger charge is 2.30. The Balaban J connectivity index is 3.11. The first kappa shape index (κ1) is 35.4. The average Bonchev–Trinajstić information content (AvgIpc) is 2.88. The Kier molecular flexibility index (Phi) is 18.0. The molecule has 7 atom stereocenters. The smallest absolute Gasteiger partial charge is 0.404 e. The monoisotopic (exact) mass is 563 g/mol. The second-order valence-corrected chi connectivity index (χ2v) is 11.4. The summed E-state index contributed by atoms with van der Waals surface area (Å²) >= 11 is 0. The van der Waals surface area contributed by atoms with E-state index in [4.69, 9.17) is 19.9 Å². The third-order valence-corrected chi connectivity index (χ3v) is 7.48. The number of aliphatic hydroxyl groups excluding tert-OH is 1. The standard InChI is InChI=1S/C32H53NO7/c1-6-7-8-9-11-14-23(2)19-27-20-24(3)15-12-10-13-16-29(38-22-34)30(40-32(33)37)18-17-25(4)21-28(35)26(5)31(36)39-27/h10-12,14,19,22,24-30,35H,6-9,13,15-18,20-21H2,1-5H3,(H2,33,37)/b12-10+,14-11+,23-19+. The number of carbonyl (C=O) groups excluding carboxylic acids is 3. The van der Waals surface area contributed by atoms with Gasteiger partial charge in [0.1, 0.15) is 18.3 Å². The highest BCUT2D eigenvalue weighted by atomic mass is 16.6. The van der Waals surface area contributed by atoms with Crippen LogP contribution in [0.25, 0.3) is 0 Å². The summed E-state index contributed by atoms with van der Waals surface area (Å²) in [5, 5.41) is 10.9. The lowest BCUT2D eigenvalue weighted by Gasteiger charge is -2.27. The number of esters is 1. The van der Waals surface area contributed by atoms with Crippen LogP contribution in [0.4, 0.5) is 4.79 Å². The lowest BCUT2D eigenvalue weighted by atomic mass is 9.90. The van der Waals surface area contributed by atoms with E-state index in [1.54, 1.807) is 6.92 Å². The Morgan fingerprint density at radius 1 is 1.10 bits per heavy atom. The molecule has 0 aromatic heterocycles. The molecule has 0 saturated carbocycles. The summed E-state index contributed by atoms with van der Waals surface area (Å²) < 4.78 is 16.5. The number of amides is 1. The van der Waals surface area contributed by atoms with Crippen LogP contribution in [-0.2, 0) is 23.8 Å². The molecule has 0 aromatic carbocycles. The third kappa shape index (κ3) is 15.2. The molecule has 0 aromatic rings. The zero-order chi connectivity index (χ0) is 29.9. The van der Waals surface area contributed by atoms with Crippen molar-refractivity contribution >= 4 is 18.5 Å². The number of primary amides is 1. The maximum absolute atomic E-state index is 13.1. The number of ether oxygens (including phenoxy) is 3. The second-order valence-electron chi connectivity index (χ2n) is 11.4. The summed E-state index contributed by atoms with van der Waals surface area (Å²) in [6.07, 6.45) is 15.4. The van der Waals surface area contributed by atoms with Crippen LogP contribution >= 0.6 is 0 Å².